The van der Waals surface area contributed by atoms with Gasteiger partial charge < -0.3 is 9.64 Å². The van der Waals surface area contributed by atoms with Crippen molar-refractivity contribution in [2.45, 2.75) is 27.2 Å². The summed E-state index contributed by atoms with van der Waals surface area (Å²) in [5.74, 6) is 1.67. The number of hydrogen-bond donors (Lipinski definition) is 0. The average Bonchev–Trinajstić information content (AvgIpc) is 2.32. The molecule has 0 amide bonds. The normalized spacial score (nSPS) is 10.6. The van der Waals surface area contributed by atoms with E-state index in [1.807, 2.05) is 27.8 Å². The Kier molecular flexibility index (Phi) is 5.65. The maximum absolute atomic E-state index is 6.09. The van der Waals surface area contributed by atoms with Gasteiger partial charge in [0.15, 0.2) is 0 Å². The number of halogens is 1. The second-order valence-electron chi connectivity index (χ2n) is 3.85. The lowest BCUT2D eigenvalue weighted by atomic mass is 10.3. The van der Waals surface area contributed by atoms with E-state index in [4.69, 9.17) is 16.3 Å². The molecule has 0 aliphatic rings. The van der Waals surface area contributed by atoms with Crippen molar-refractivity contribution in [2.75, 3.05) is 31.7 Å². The summed E-state index contributed by atoms with van der Waals surface area (Å²) in [5.41, 5.74) is 0.919. The molecule has 0 saturated heterocycles. The van der Waals surface area contributed by atoms with Crippen LogP contribution in [-0.2, 0) is 11.2 Å². The summed E-state index contributed by atoms with van der Waals surface area (Å²) in [6, 6.07) is 0. The summed E-state index contributed by atoms with van der Waals surface area (Å²) < 4.78 is 5.33. The lowest BCUT2D eigenvalue weighted by Crippen LogP contribution is -2.25. The fourth-order valence-electron chi connectivity index (χ4n) is 1.50. The highest BCUT2D eigenvalue weighted by Crippen LogP contribution is 2.22. The minimum absolute atomic E-state index is 0.537. The van der Waals surface area contributed by atoms with Gasteiger partial charge in [-0.2, -0.15) is 0 Å². The molecule has 96 valence electrons. The maximum atomic E-state index is 6.09. The highest BCUT2D eigenvalue weighted by molar-refractivity contribution is 6.30. The number of rotatable bonds is 6. The third-order valence-corrected chi connectivity index (χ3v) is 2.93. The van der Waals surface area contributed by atoms with Crippen LogP contribution in [-0.4, -0.2) is 36.8 Å². The monoisotopic (exact) mass is 257 g/mol. The molecule has 0 bridgehead atoms. The molecule has 0 aliphatic carbocycles. The number of ether oxygens (including phenoxy) is 1. The molecular weight excluding hydrogens is 238 g/mol. The molecule has 0 aromatic carbocycles. The third kappa shape index (κ3) is 3.82. The van der Waals surface area contributed by atoms with Gasteiger partial charge in [0.05, 0.1) is 6.61 Å². The van der Waals surface area contributed by atoms with E-state index in [1.165, 1.54) is 0 Å². The van der Waals surface area contributed by atoms with Crippen LogP contribution in [0.5, 0.6) is 0 Å². The average molecular weight is 258 g/mol. The second kappa shape index (κ2) is 6.77. The standard InChI is InChI=1S/C12H20ClN3O/c1-5-10-14-11(13)9(3)12(15-10)16(4)7-8-17-6-2/h5-8H2,1-4H3. The number of aromatic nitrogens is 2. The van der Waals surface area contributed by atoms with Gasteiger partial charge in [0.25, 0.3) is 0 Å². The van der Waals surface area contributed by atoms with Gasteiger partial charge in [-0.15, -0.1) is 0 Å². The summed E-state index contributed by atoms with van der Waals surface area (Å²) in [6.45, 7) is 8.17. The quantitative estimate of drug-likeness (QED) is 0.580. The summed E-state index contributed by atoms with van der Waals surface area (Å²) in [4.78, 5) is 10.8. The molecule has 0 N–H and O–H groups in total. The zero-order valence-corrected chi connectivity index (χ0v) is 11.7. The number of nitrogens with zero attached hydrogens (tertiary/aromatic N) is 3. The zero-order valence-electron chi connectivity index (χ0n) is 11.0. The molecular formula is C12H20ClN3O. The van der Waals surface area contributed by atoms with Crippen LogP contribution >= 0.6 is 11.6 Å². The fourth-order valence-corrected chi connectivity index (χ4v) is 1.68. The predicted octanol–water partition coefficient (Wildman–Crippen LogP) is 2.47. The van der Waals surface area contributed by atoms with E-state index >= 15 is 0 Å². The first-order chi connectivity index (χ1) is 8.10. The molecule has 1 rings (SSSR count). The van der Waals surface area contributed by atoms with Gasteiger partial charge in [-0.05, 0) is 13.8 Å². The van der Waals surface area contributed by atoms with Crippen LogP contribution in [0, 0.1) is 6.92 Å². The van der Waals surface area contributed by atoms with Crippen molar-refractivity contribution in [2.24, 2.45) is 0 Å². The molecule has 1 aromatic heterocycles. The SMILES string of the molecule is CCOCCN(C)c1nc(CC)nc(Cl)c1C. The Morgan fingerprint density at radius 2 is 2.00 bits per heavy atom. The summed E-state index contributed by atoms with van der Waals surface area (Å²) in [7, 11) is 1.99. The largest absolute Gasteiger partial charge is 0.380 e. The molecule has 0 fully saturated rings. The van der Waals surface area contributed by atoms with E-state index in [2.05, 4.69) is 14.9 Å². The molecule has 0 saturated carbocycles. The highest BCUT2D eigenvalue weighted by Gasteiger charge is 2.12. The Bertz CT molecular complexity index is 371. The molecule has 1 heterocycles. The van der Waals surface area contributed by atoms with E-state index in [0.29, 0.717) is 11.8 Å². The van der Waals surface area contributed by atoms with E-state index in [-0.39, 0.29) is 0 Å². The first kappa shape index (κ1) is 14.2. The van der Waals surface area contributed by atoms with E-state index in [0.717, 1.165) is 36.8 Å². The molecule has 4 nitrogen and oxygen atoms in total. The van der Waals surface area contributed by atoms with E-state index in [1.54, 1.807) is 0 Å². The Hall–Kier alpha value is -0.870. The topological polar surface area (TPSA) is 38.2 Å². The van der Waals surface area contributed by atoms with E-state index < -0.39 is 0 Å². The molecule has 5 heteroatoms. The van der Waals surface area contributed by atoms with Gasteiger partial charge in [-0.3, -0.25) is 0 Å². The van der Waals surface area contributed by atoms with Crippen LogP contribution in [0.4, 0.5) is 5.82 Å². The van der Waals surface area contributed by atoms with Crippen molar-refractivity contribution in [1.82, 2.24) is 9.97 Å². The number of anilines is 1. The first-order valence-electron chi connectivity index (χ1n) is 5.92. The van der Waals surface area contributed by atoms with Crippen molar-refractivity contribution >= 4 is 17.4 Å². The molecule has 17 heavy (non-hydrogen) atoms. The van der Waals surface area contributed by atoms with Crippen molar-refractivity contribution in [3.8, 4) is 0 Å². The molecule has 1 aromatic rings. The number of aryl methyl sites for hydroxylation is 1. The predicted molar refractivity (Wildman–Crippen MR) is 70.9 cm³/mol. The minimum atomic E-state index is 0.537. The van der Waals surface area contributed by atoms with Gasteiger partial charge >= 0.3 is 0 Å². The number of likely N-dealkylation sites (N-methyl/N-ethyl adjacent to an activating group) is 1. The highest BCUT2D eigenvalue weighted by atomic mass is 35.5. The molecule has 0 spiro atoms. The second-order valence-corrected chi connectivity index (χ2v) is 4.21. The zero-order chi connectivity index (χ0) is 12.8. The molecule has 0 aliphatic heterocycles. The van der Waals surface area contributed by atoms with Crippen molar-refractivity contribution in [3.63, 3.8) is 0 Å². The van der Waals surface area contributed by atoms with Crippen LogP contribution in [0.1, 0.15) is 25.2 Å². The smallest absolute Gasteiger partial charge is 0.137 e. The van der Waals surface area contributed by atoms with Crippen molar-refractivity contribution in [1.29, 1.82) is 0 Å². The first-order valence-corrected chi connectivity index (χ1v) is 6.29. The van der Waals surface area contributed by atoms with Gasteiger partial charge in [-0.25, -0.2) is 9.97 Å². The summed E-state index contributed by atoms with van der Waals surface area (Å²) >= 11 is 6.09. The van der Waals surface area contributed by atoms with Crippen LogP contribution in [0.25, 0.3) is 0 Å². The van der Waals surface area contributed by atoms with Crippen LogP contribution in [0.15, 0.2) is 0 Å². The molecule has 0 radical (unpaired) electrons. The number of hydrogen-bond acceptors (Lipinski definition) is 4. The van der Waals surface area contributed by atoms with Gasteiger partial charge in [0.1, 0.15) is 16.8 Å². The van der Waals surface area contributed by atoms with Crippen LogP contribution < -0.4 is 4.90 Å². The molecule has 0 unspecified atom stereocenters. The summed E-state index contributed by atoms with van der Waals surface area (Å²) in [6.07, 6.45) is 0.784. The van der Waals surface area contributed by atoms with Gasteiger partial charge in [-0.1, -0.05) is 18.5 Å². The van der Waals surface area contributed by atoms with Gasteiger partial charge in [0, 0.05) is 32.2 Å². The lowest BCUT2D eigenvalue weighted by molar-refractivity contribution is 0.154. The van der Waals surface area contributed by atoms with Gasteiger partial charge in [0.2, 0.25) is 0 Å². The van der Waals surface area contributed by atoms with Crippen molar-refractivity contribution < 1.29 is 4.74 Å². The Balaban J connectivity index is 2.84. The Morgan fingerprint density at radius 1 is 1.29 bits per heavy atom. The summed E-state index contributed by atoms with van der Waals surface area (Å²) in [5, 5.41) is 0.537. The maximum Gasteiger partial charge on any atom is 0.137 e. The van der Waals surface area contributed by atoms with Crippen LogP contribution in [0.3, 0.4) is 0 Å². The van der Waals surface area contributed by atoms with Crippen molar-refractivity contribution in [3.05, 3.63) is 16.5 Å². The third-order valence-electron chi connectivity index (χ3n) is 2.56. The Morgan fingerprint density at radius 3 is 2.59 bits per heavy atom. The van der Waals surface area contributed by atoms with E-state index in [9.17, 15) is 0 Å². The Labute approximate surface area is 108 Å². The fraction of sp³-hybridized carbons (Fsp3) is 0.667. The lowest BCUT2D eigenvalue weighted by Gasteiger charge is -2.20. The van der Waals surface area contributed by atoms with Crippen LogP contribution in [0.2, 0.25) is 5.15 Å². The molecule has 0 atom stereocenters. The minimum Gasteiger partial charge on any atom is -0.380 e.